The van der Waals surface area contributed by atoms with Gasteiger partial charge in [0.15, 0.2) is 5.69 Å². The first-order valence-electron chi connectivity index (χ1n) is 7.34. The van der Waals surface area contributed by atoms with Crippen molar-refractivity contribution in [2.75, 3.05) is 26.3 Å². The molecule has 2 aliphatic rings. The zero-order valence-electron chi connectivity index (χ0n) is 11.8. The lowest BCUT2D eigenvalue weighted by atomic mass is 9.93. The number of aromatic nitrogens is 2. The lowest BCUT2D eigenvalue weighted by Crippen LogP contribution is -2.41. The van der Waals surface area contributed by atoms with E-state index in [0.29, 0.717) is 38.4 Å². The smallest absolute Gasteiger partial charge is 0.274 e. The van der Waals surface area contributed by atoms with Gasteiger partial charge in [-0.05, 0) is 19.8 Å². The van der Waals surface area contributed by atoms with E-state index in [0.717, 1.165) is 30.6 Å². The standard InChI is InChI=1S/C14H21N3O3/c1-2-17-12-4-3-10(18)9-11(12)13(15-17)14(19)16-5-7-20-8-6-16/h10,18H,2-9H2,1H3. The molecule has 1 aliphatic heterocycles. The van der Waals surface area contributed by atoms with E-state index in [-0.39, 0.29) is 12.0 Å². The minimum atomic E-state index is -0.353. The third-order valence-corrected chi connectivity index (χ3v) is 4.12. The van der Waals surface area contributed by atoms with Crippen LogP contribution in [0.5, 0.6) is 0 Å². The highest BCUT2D eigenvalue weighted by Crippen LogP contribution is 2.26. The number of fused-ring (bicyclic) bond motifs is 1. The molecule has 20 heavy (non-hydrogen) atoms. The summed E-state index contributed by atoms with van der Waals surface area (Å²) >= 11 is 0. The van der Waals surface area contributed by atoms with Crippen LogP contribution >= 0.6 is 0 Å². The van der Waals surface area contributed by atoms with E-state index in [1.54, 1.807) is 4.90 Å². The van der Waals surface area contributed by atoms with Crippen molar-refractivity contribution in [2.45, 2.75) is 38.8 Å². The molecule has 0 spiro atoms. The normalized spacial score (nSPS) is 22.7. The predicted molar refractivity (Wildman–Crippen MR) is 72.7 cm³/mol. The monoisotopic (exact) mass is 279 g/mol. The van der Waals surface area contributed by atoms with Crippen molar-refractivity contribution in [2.24, 2.45) is 0 Å². The van der Waals surface area contributed by atoms with Gasteiger partial charge in [0.1, 0.15) is 0 Å². The summed E-state index contributed by atoms with van der Waals surface area (Å²) in [4.78, 5) is 14.4. The number of morpholine rings is 1. The maximum absolute atomic E-state index is 12.6. The Labute approximate surface area is 118 Å². The fraction of sp³-hybridized carbons (Fsp3) is 0.714. The molecule has 1 aliphatic carbocycles. The molecule has 0 bridgehead atoms. The molecule has 0 saturated carbocycles. The Kier molecular flexibility index (Phi) is 3.76. The van der Waals surface area contributed by atoms with Crippen molar-refractivity contribution in [3.05, 3.63) is 17.0 Å². The average Bonchev–Trinajstić information content (AvgIpc) is 2.85. The first kappa shape index (κ1) is 13.6. The molecular formula is C14H21N3O3. The number of carbonyl (C=O) groups excluding carboxylic acids is 1. The molecule has 6 nitrogen and oxygen atoms in total. The second kappa shape index (κ2) is 5.54. The van der Waals surface area contributed by atoms with Crippen LogP contribution in [0.3, 0.4) is 0 Å². The van der Waals surface area contributed by atoms with E-state index in [2.05, 4.69) is 5.10 Å². The van der Waals surface area contributed by atoms with Crippen LogP contribution in [0.1, 0.15) is 35.1 Å². The van der Waals surface area contributed by atoms with Crippen LogP contribution in [0.25, 0.3) is 0 Å². The van der Waals surface area contributed by atoms with Gasteiger partial charge in [-0.1, -0.05) is 0 Å². The fourth-order valence-electron chi connectivity index (χ4n) is 3.02. The van der Waals surface area contributed by atoms with E-state index in [4.69, 9.17) is 4.74 Å². The summed E-state index contributed by atoms with van der Waals surface area (Å²) < 4.78 is 7.19. The number of carbonyl (C=O) groups is 1. The van der Waals surface area contributed by atoms with Gasteiger partial charge in [-0.2, -0.15) is 5.10 Å². The third-order valence-electron chi connectivity index (χ3n) is 4.12. The van der Waals surface area contributed by atoms with Crippen molar-refractivity contribution in [3.63, 3.8) is 0 Å². The molecule has 1 aromatic rings. The number of hydrogen-bond donors (Lipinski definition) is 1. The molecule has 1 atom stereocenters. The van der Waals surface area contributed by atoms with Gasteiger partial charge in [-0.3, -0.25) is 9.48 Å². The van der Waals surface area contributed by atoms with E-state index >= 15 is 0 Å². The molecule has 3 rings (SSSR count). The quantitative estimate of drug-likeness (QED) is 0.841. The Morgan fingerprint density at radius 2 is 2.20 bits per heavy atom. The van der Waals surface area contributed by atoms with Crippen LogP contribution in [0.15, 0.2) is 0 Å². The highest BCUT2D eigenvalue weighted by atomic mass is 16.5. The zero-order valence-corrected chi connectivity index (χ0v) is 11.8. The SMILES string of the molecule is CCn1nc(C(=O)N2CCOCC2)c2c1CCC(O)C2. The van der Waals surface area contributed by atoms with Gasteiger partial charge in [0.2, 0.25) is 0 Å². The molecule has 2 heterocycles. The molecule has 1 saturated heterocycles. The topological polar surface area (TPSA) is 67.6 Å². The highest BCUT2D eigenvalue weighted by molar-refractivity contribution is 5.94. The van der Waals surface area contributed by atoms with Crippen LogP contribution in [0, 0.1) is 0 Å². The maximum Gasteiger partial charge on any atom is 0.274 e. The molecule has 1 N–H and O–H groups in total. The van der Waals surface area contributed by atoms with Crippen molar-refractivity contribution < 1.29 is 14.6 Å². The summed E-state index contributed by atoms with van der Waals surface area (Å²) in [5.74, 6) is -0.0224. The van der Waals surface area contributed by atoms with Crippen molar-refractivity contribution in [1.29, 1.82) is 0 Å². The number of aryl methyl sites for hydroxylation is 1. The van der Waals surface area contributed by atoms with Crippen LogP contribution in [-0.2, 0) is 24.1 Å². The molecule has 1 fully saturated rings. The van der Waals surface area contributed by atoms with Crippen molar-refractivity contribution in [1.82, 2.24) is 14.7 Å². The summed E-state index contributed by atoms with van der Waals surface area (Å²) in [5.41, 5.74) is 2.60. The number of aliphatic hydroxyl groups excluding tert-OH is 1. The molecular weight excluding hydrogens is 258 g/mol. The number of hydrogen-bond acceptors (Lipinski definition) is 4. The number of rotatable bonds is 2. The Bertz CT molecular complexity index is 506. The molecule has 6 heteroatoms. The Morgan fingerprint density at radius 3 is 2.90 bits per heavy atom. The van der Waals surface area contributed by atoms with Crippen molar-refractivity contribution >= 4 is 5.91 Å². The Morgan fingerprint density at radius 1 is 1.45 bits per heavy atom. The largest absolute Gasteiger partial charge is 0.393 e. The van der Waals surface area contributed by atoms with Crippen LogP contribution in [0.4, 0.5) is 0 Å². The van der Waals surface area contributed by atoms with Gasteiger partial charge in [0, 0.05) is 37.3 Å². The predicted octanol–water partition coefficient (Wildman–Crippen LogP) is 0.225. The van der Waals surface area contributed by atoms with Gasteiger partial charge in [0.05, 0.1) is 19.3 Å². The zero-order chi connectivity index (χ0) is 14.1. The lowest BCUT2D eigenvalue weighted by molar-refractivity contribution is 0.0297. The fourth-order valence-corrected chi connectivity index (χ4v) is 3.02. The maximum atomic E-state index is 12.6. The Hall–Kier alpha value is -1.40. The Balaban J connectivity index is 1.92. The summed E-state index contributed by atoms with van der Waals surface area (Å²) in [5, 5.41) is 14.4. The lowest BCUT2D eigenvalue weighted by Gasteiger charge is -2.27. The van der Waals surface area contributed by atoms with Gasteiger partial charge in [-0.15, -0.1) is 0 Å². The molecule has 1 aromatic heterocycles. The average molecular weight is 279 g/mol. The number of aliphatic hydroxyl groups is 1. The highest BCUT2D eigenvalue weighted by Gasteiger charge is 2.30. The number of ether oxygens (including phenoxy) is 1. The van der Waals surface area contributed by atoms with Crippen molar-refractivity contribution in [3.8, 4) is 0 Å². The molecule has 0 aromatic carbocycles. The van der Waals surface area contributed by atoms with Crippen LogP contribution in [-0.4, -0.2) is 58.1 Å². The van der Waals surface area contributed by atoms with Crippen LogP contribution < -0.4 is 0 Å². The molecule has 1 unspecified atom stereocenters. The summed E-state index contributed by atoms with van der Waals surface area (Å²) in [6.07, 6.45) is 1.74. The summed E-state index contributed by atoms with van der Waals surface area (Å²) in [6, 6.07) is 0. The first-order valence-corrected chi connectivity index (χ1v) is 7.34. The van der Waals surface area contributed by atoms with Gasteiger partial charge >= 0.3 is 0 Å². The molecule has 1 amide bonds. The summed E-state index contributed by atoms with van der Waals surface area (Å²) in [7, 11) is 0. The first-order chi connectivity index (χ1) is 9.70. The second-order valence-electron chi connectivity index (χ2n) is 5.39. The number of nitrogens with zero attached hydrogens (tertiary/aromatic N) is 3. The number of amides is 1. The minimum absolute atomic E-state index is 0.0224. The van der Waals surface area contributed by atoms with E-state index in [1.165, 1.54) is 0 Å². The minimum Gasteiger partial charge on any atom is -0.393 e. The van der Waals surface area contributed by atoms with Gasteiger partial charge < -0.3 is 14.7 Å². The van der Waals surface area contributed by atoms with E-state index in [1.807, 2.05) is 11.6 Å². The molecule has 110 valence electrons. The second-order valence-corrected chi connectivity index (χ2v) is 5.39. The van der Waals surface area contributed by atoms with E-state index < -0.39 is 0 Å². The third kappa shape index (κ3) is 2.33. The van der Waals surface area contributed by atoms with Crippen LogP contribution in [0.2, 0.25) is 0 Å². The molecule has 0 radical (unpaired) electrons. The van der Waals surface area contributed by atoms with Gasteiger partial charge in [0.25, 0.3) is 5.91 Å². The van der Waals surface area contributed by atoms with Gasteiger partial charge in [-0.25, -0.2) is 0 Å². The summed E-state index contributed by atoms with van der Waals surface area (Å²) in [6.45, 7) is 5.20. The van der Waals surface area contributed by atoms with E-state index in [9.17, 15) is 9.90 Å².